The number of hydrogen-bond donors (Lipinski definition) is 0. The third-order valence-corrected chi connectivity index (χ3v) is 10.8. The van der Waals surface area contributed by atoms with Crippen LogP contribution in [0.25, 0.3) is 95.3 Å². The highest BCUT2D eigenvalue weighted by Crippen LogP contribution is 2.43. The molecule has 6 nitrogen and oxygen atoms in total. The Labute approximate surface area is 342 Å². The van der Waals surface area contributed by atoms with Gasteiger partial charge in [0.25, 0.3) is 0 Å². The summed E-state index contributed by atoms with van der Waals surface area (Å²) >= 11 is 0. The lowest BCUT2D eigenvalue weighted by molar-refractivity contribution is 1.11. The quantitative estimate of drug-likeness (QED) is 0.162. The van der Waals surface area contributed by atoms with Crippen LogP contribution in [0.3, 0.4) is 0 Å². The van der Waals surface area contributed by atoms with Crippen LogP contribution in [-0.2, 0) is 0 Å². The summed E-state index contributed by atoms with van der Waals surface area (Å²) in [6.07, 6.45) is 0. The standard InChI is InChI=1S/C53H36N6/c1-34-23-25-41-42-26-24-35(2)28-50(42)59(49(41)27-34)51-43(52-55-45(37-15-7-3-8-16-37)31-46(56-52)38-17-9-4-10-18-38)29-36(33-54)30-44(51)53-57-47(39-19-11-5-12-20-39)32-48(58-53)40-21-13-6-14-22-40/h3-32H,1-2H3. The van der Waals surface area contributed by atoms with Crippen molar-refractivity contribution in [2.24, 2.45) is 0 Å². The van der Waals surface area contributed by atoms with Gasteiger partial charge in [-0.2, -0.15) is 5.26 Å². The zero-order valence-electron chi connectivity index (χ0n) is 32.5. The van der Waals surface area contributed by atoms with Crippen molar-refractivity contribution < 1.29 is 0 Å². The highest BCUT2D eigenvalue weighted by Gasteiger charge is 2.26. The van der Waals surface area contributed by atoms with Gasteiger partial charge < -0.3 is 4.57 Å². The normalized spacial score (nSPS) is 11.2. The molecule has 6 heteroatoms. The SMILES string of the molecule is Cc1ccc2c3ccc(C)cc3n(-c3c(-c4nc(-c5ccccc5)cc(-c5ccccc5)n4)cc(C#N)cc3-c3nc(-c4ccccc4)cc(-c4ccccc4)n3)c2c1. The van der Waals surface area contributed by atoms with Gasteiger partial charge in [0.05, 0.1) is 51.1 Å². The van der Waals surface area contributed by atoms with E-state index >= 15 is 0 Å². The molecule has 0 amide bonds. The molecule has 0 fully saturated rings. The van der Waals surface area contributed by atoms with Gasteiger partial charge in [-0.1, -0.05) is 146 Å². The Bertz CT molecular complexity index is 2900. The molecule has 3 heterocycles. The second-order valence-electron chi connectivity index (χ2n) is 14.8. The topological polar surface area (TPSA) is 80.3 Å². The van der Waals surface area contributed by atoms with E-state index in [4.69, 9.17) is 19.9 Å². The molecule has 0 atom stereocenters. The Kier molecular flexibility index (Phi) is 8.89. The molecule has 10 rings (SSSR count). The summed E-state index contributed by atoms with van der Waals surface area (Å²) in [4.78, 5) is 21.3. The number of aryl methyl sites for hydroxylation is 2. The van der Waals surface area contributed by atoms with Gasteiger partial charge in [-0.15, -0.1) is 0 Å². The van der Waals surface area contributed by atoms with Crippen LogP contribution in [0, 0.1) is 25.2 Å². The minimum absolute atomic E-state index is 0.442. The largest absolute Gasteiger partial charge is 0.308 e. The third kappa shape index (κ3) is 6.61. The van der Waals surface area contributed by atoms with Crippen molar-refractivity contribution in [2.75, 3.05) is 0 Å². The Hall–Kier alpha value is -8.01. The smallest absolute Gasteiger partial charge is 0.162 e. The van der Waals surface area contributed by atoms with Gasteiger partial charge >= 0.3 is 0 Å². The van der Waals surface area contributed by atoms with E-state index < -0.39 is 0 Å². The van der Waals surface area contributed by atoms with Crippen LogP contribution in [0.2, 0.25) is 0 Å². The van der Waals surface area contributed by atoms with Crippen LogP contribution in [0.5, 0.6) is 0 Å². The first-order valence-electron chi connectivity index (χ1n) is 19.6. The predicted octanol–water partition coefficient (Wildman–Crippen LogP) is 12.9. The van der Waals surface area contributed by atoms with Crippen LogP contribution in [0.15, 0.2) is 182 Å². The highest BCUT2D eigenvalue weighted by atomic mass is 15.0. The van der Waals surface area contributed by atoms with Crippen LogP contribution in [0.4, 0.5) is 0 Å². The van der Waals surface area contributed by atoms with E-state index in [0.29, 0.717) is 28.3 Å². The predicted molar refractivity (Wildman–Crippen MR) is 239 cm³/mol. The Morgan fingerprint density at radius 3 is 1.07 bits per heavy atom. The van der Waals surface area contributed by atoms with E-state index in [0.717, 1.165) is 83.6 Å². The minimum Gasteiger partial charge on any atom is -0.308 e. The summed E-state index contributed by atoms with van der Waals surface area (Å²) in [7, 11) is 0. The van der Waals surface area contributed by atoms with Crippen molar-refractivity contribution in [2.45, 2.75) is 13.8 Å². The molecule has 0 saturated heterocycles. The second kappa shape index (κ2) is 14.8. The number of nitrogens with zero attached hydrogens (tertiary/aromatic N) is 6. The highest BCUT2D eigenvalue weighted by molar-refractivity contribution is 6.11. The van der Waals surface area contributed by atoms with E-state index in [-0.39, 0.29) is 0 Å². The van der Waals surface area contributed by atoms with E-state index in [9.17, 15) is 5.26 Å². The van der Waals surface area contributed by atoms with E-state index in [1.165, 1.54) is 0 Å². The molecule has 0 N–H and O–H groups in total. The van der Waals surface area contributed by atoms with Crippen molar-refractivity contribution in [1.29, 1.82) is 5.26 Å². The number of hydrogen-bond acceptors (Lipinski definition) is 5. The minimum atomic E-state index is 0.442. The Morgan fingerprint density at radius 1 is 0.407 bits per heavy atom. The number of aromatic nitrogens is 5. The third-order valence-electron chi connectivity index (χ3n) is 10.8. The fourth-order valence-electron chi connectivity index (χ4n) is 7.92. The van der Waals surface area contributed by atoms with Crippen molar-refractivity contribution in [3.63, 3.8) is 0 Å². The van der Waals surface area contributed by atoms with Crippen LogP contribution in [0.1, 0.15) is 16.7 Å². The molecule has 10 aromatic rings. The number of rotatable bonds is 7. The number of benzene rings is 7. The van der Waals surface area contributed by atoms with Gasteiger partial charge in [-0.25, -0.2) is 19.9 Å². The van der Waals surface area contributed by atoms with E-state index in [2.05, 4.69) is 109 Å². The van der Waals surface area contributed by atoms with E-state index in [1.807, 2.05) is 97.1 Å². The molecule has 0 saturated carbocycles. The van der Waals surface area contributed by atoms with E-state index in [1.54, 1.807) is 0 Å². The Morgan fingerprint density at radius 2 is 0.746 bits per heavy atom. The molecule has 0 spiro atoms. The molecular formula is C53H36N6. The molecule has 3 aromatic heterocycles. The maximum atomic E-state index is 10.8. The summed E-state index contributed by atoms with van der Waals surface area (Å²) in [6, 6.07) is 64.2. The first-order chi connectivity index (χ1) is 29.0. The lowest BCUT2D eigenvalue weighted by atomic mass is 9.99. The molecule has 0 unspecified atom stereocenters. The van der Waals surface area contributed by atoms with Gasteiger partial charge in [0, 0.05) is 44.2 Å². The van der Waals surface area contributed by atoms with Crippen LogP contribution < -0.4 is 0 Å². The number of nitriles is 1. The summed E-state index contributed by atoms with van der Waals surface area (Å²) < 4.78 is 2.30. The zero-order chi connectivity index (χ0) is 39.9. The van der Waals surface area contributed by atoms with Gasteiger partial charge in [0.15, 0.2) is 11.6 Å². The average Bonchev–Trinajstić information content (AvgIpc) is 3.61. The zero-order valence-corrected chi connectivity index (χ0v) is 32.5. The molecule has 278 valence electrons. The van der Waals surface area contributed by atoms with Gasteiger partial charge in [-0.3, -0.25) is 0 Å². The first kappa shape index (κ1) is 35.4. The fourth-order valence-corrected chi connectivity index (χ4v) is 7.92. The van der Waals surface area contributed by atoms with Crippen LogP contribution >= 0.6 is 0 Å². The van der Waals surface area contributed by atoms with Crippen LogP contribution in [-0.4, -0.2) is 24.5 Å². The maximum Gasteiger partial charge on any atom is 0.162 e. The van der Waals surface area contributed by atoms with Gasteiger partial charge in [0.1, 0.15) is 0 Å². The molecular weight excluding hydrogens is 721 g/mol. The Balaban J connectivity index is 1.38. The molecule has 0 aliphatic rings. The van der Waals surface area contributed by atoms with Crippen molar-refractivity contribution in [3.05, 3.63) is 199 Å². The first-order valence-corrected chi connectivity index (χ1v) is 19.6. The summed E-state index contributed by atoms with van der Waals surface area (Å²) in [5.74, 6) is 0.965. The molecule has 0 bridgehead atoms. The summed E-state index contributed by atoms with van der Waals surface area (Å²) in [6.45, 7) is 4.23. The lowest BCUT2D eigenvalue weighted by Crippen LogP contribution is -2.07. The second-order valence-corrected chi connectivity index (χ2v) is 14.8. The molecule has 7 aromatic carbocycles. The van der Waals surface area contributed by atoms with Crippen molar-refractivity contribution in [3.8, 4) is 79.6 Å². The van der Waals surface area contributed by atoms with Crippen molar-refractivity contribution in [1.82, 2.24) is 24.5 Å². The molecule has 59 heavy (non-hydrogen) atoms. The average molecular weight is 757 g/mol. The number of fused-ring (bicyclic) bond motifs is 3. The molecule has 0 aliphatic heterocycles. The fraction of sp³-hybridized carbons (Fsp3) is 0.0377. The van der Waals surface area contributed by atoms with Crippen molar-refractivity contribution >= 4 is 21.8 Å². The monoisotopic (exact) mass is 756 g/mol. The lowest BCUT2D eigenvalue weighted by Gasteiger charge is -2.20. The van der Waals surface area contributed by atoms with Gasteiger partial charge in [-0.05, 0) is 61.4 Å². The summed E-state index contributed by atoms with van der Waals surface area (Å²) in [5.41, 5.74) is 13.8. The molecule has 0 aliphatic carbocycles. The van der Waals surface area contributed by atoms with Gasteiger partial charge in [0.2, 0.25) is 0 Å². The maximum absolute atomic E-state index is 10.8. The molecule has 0 radical (unpaired) electrons. The summed E-state index contributed by atoms with van der Waals surface area (Å²) in [5, 5.41) is 13.0.